The number of imidazole rings is 2. The van der Waals surface area contributed by atoms with Gasteiger partial charge in [0.1, 0.15) is 17.2 Å². The second kappa shape index (κ2) is 11.2. The number of fused-ring (bicyclic) bond motifs is 1. The zero-order valence-electron chi connectivity index (χ0n) is 22.1. The molecule has 2 aromatic carbocycles. The van der Waals surface area contributed by atoms with E-state index in [1.807, 2.05) is 19.2 Å². The normalized spacial score (nSPS) is 15.0. The van der Waals surface area contributed by atoms with Gasteiger partial charge in [0.25, 0.3) is 5.56 Å². The third kappa shape index (κ3) is 5.46. The van der Waals surface area contributed by atoms with Gasteiger partial charge < -0.3 is 30.3 Å². The van der Waals surface area contributed by atoms with Crippen LogP contribution in [0.2, 0.25) is 5.02 Å². The number of nitrogens with one attached hydrogen (secondary N) is 4. The minimum absolute atomic E-state index is 0.200. The number of halogens is 1. The van der Waals surface area contributed by atoms with Gasteiger partial charge in [-0.1, -0.05) is 23.7 Å². The summed E-state index contributed by atoms with van der Waals surface area (Å²) < 4.78 is 0. The number of aliphatic hydroxyl groups is 1. The summed E-state index contributed by atoms with van der Waals surface area (Å²) in [6.07, 6.45) is 4.42. The van der Waals surface area contributed by atoms with Crippen LogP contribution < -0.4 is 15.8 Å². The molecule has 5 N–H and O–H groups in total. The lowest BCUT2D eigenvalue weighted by atomic mass is 10.1. The van der Waals surface area contributed by atoms with Crippen molar-refractivity contribution >= 4 is 34.0 Å². The van der Waals surface area contributed by atoms with E-state index in [2.05, 4.69) is 47.2 Å². The lowest BCUT2D eigenvalue weighted by Gasteiger charge is -2.35. The fraction of sp³-hybridized carbons (Fsp3) is 0.276. The Balaban J connectivity index is 1.21. The Hall–Kier alpha value is -4.12. The molecule has 1 saturated heterocycles. The summed E-state index contributed by atoms with van der Waals surface area (Å²) in [5.74, 6) is 1.46. The van der Waals surface area contributed by atoms with Gasteiger partial charge in [0.15, 0.2) is 0 Å². The molecule has 40 heavy (non-hydrogen) atoms. The highest BCUT2D eigenvalue weighted by Crippen LogP contribution is 2.30. The monoisotopic (exact) mass is 558 g/mol. The Labute approximate surface area is 236 Å². The summed E-state index contributed by atoms with van der Waals surface area (Å²) in [7, 11) is 0. The minimum Gasteiger partial charge on any atom is -0.387 e. The first kappa shape index (κ1) is 26.1. The number of aromatic amines is 3. The van der Waals surface area contributed by atoms with Gasteiger partial charge in [-0.05, 0) is 48.4 Å². The van der Waals surface area contributed by atoms with Crippen molar-refractivity contribution in [2.75, 3.05) is 42.9 Å². The summed E-state index contributed by atoms with van der Waals surface area (Å²) in [4.78, 5) is 36.2. The van der Waals surface area contributed by atoms with Gasteiger partial charge >= 0.3 is 0 Å². The van der Waals surface area contributed by atoms with Gasteiger partial charge in [-0.25, -0.2) is 9.97 Å². The number of anilines is 2. The van der Waals surface area contributed by atoms with E-state index >= 15 is 0 Å². The maximum atomic E-state index is 13.0. The highest BCUT2D eigenvalue weighted by Gasteiger charge is 2.21. The van der Waals surface area contributed by atoms with E-state index in [0.29, 0.717) is 27.7 Å². The largest absolute Gasteiger partial charge is 0.387 e. The van der Waals surface area contributed by atoms with Crippen molar-refractivity contribution in [1.82, 2.24) is 29.8 Å². The zero-order chi connectivity index (χ0) is 27.6. The number of pyridine rings is 1. The summed E-state index contributed by atoms with van der Waals surface area (Å²) in [6.45, 7) is 6.78. The van der Waals surface area contributed by atoms with Gasteiger partial charge in [-0.2, -0.15) is 0 Å². The van der Waals surface area contributed by atoms with E-state index in [-0.39, 0.29) is 12.1 Å². The van der Waals surface area contributed by atoms with Crippen LogP contribution in [-0.2, 0) is 6.54 Å². The van der Waals surface area contributed by atoms with Gasteiger partial charge in [-0.15, -0.1) is 0 Å². The van der Waals surface area contributed by atoms with Crippen molar-refractivity contribution in [3.8, 4) is 11.4 Å². The first-order valence-corrected chi connectivity index (χ1v) is 13.7. The summed E-state index contributed by atoms with van der Waals surface area (Å²) in [6, 6.07) is 13.1. The van der Waals surface area contributed by atoms with Crippen molar-refractivity contribution in [3.05, 3.63) is 93.4 Å². The standard InChI is InChI=1S/C29H31ClN8O2/c1-18-13-21(38-11-9-37(10-12-38)17-25-31-7-8-32-25)15-23-27(18)36-28(35-23)26-22(5-6-33-29(26)40)34-16-24(39)19-3-2-4-20(30)14-19/h2-8,13-15,24,39H,9-12,16-17H2,1H3,(H,31,32)(H,35,36)(H2,33,34,40)/t24-/m1/s1. The van der Waals surface area contributed by atoms with Gasteiger partial charge in [0.2, 0.25) is 0 Å². The number of H-pyrrole nitrogens is 3. The Morgan fingerprint density at radius 2 is 1.95 bits per heavy atom. The maximum absolute atomic E-state index is 13.0. The summed E-state index contributed by atoms with van der Waals surface area (Å²) in [5.41, 5.74) is 5.25. The number of aromatic nitrogens is 5. The molecule has 0 bridgehead atoms. The van der Waals surface area contributed by atoms with Crippen LogP contribution in [0.25, 0.3) is 22.4 Å². The third-order valence-corrected chi connectivity index (χ3v) is 7.58. The maximum Gasteiger partial charge on any atom is 0.261 e. The highest BCUT2D eigenvalue weighted by atomic mass is 35.5. The molecule has 1 aliphatic heterocycles. The second-order valence-corrected chi connectivity index (χ2v) is 10.5. The van der Waals surface area contributed by atoms with E-state index in [1.54, 1.807) is 36.7 Å². The number of nitrogens with zero attached hydrogens (tertiary/aromatic N) is 4. The van der Waals surface area contributed by atoms with Gasteiger partial charge in [-0.3, -0.25) is 9.69 Å². The van der Waals surface area contributed by atoms with Crippen molar-refractivity contribution < 1.29 is 5.11 Å². The fourth-order valence-electron chi connectivity index (χ4n) is 5.23. The molecule has 0 amide bonds. The Morgan fingerprint density at radius 1 is 1.10 bits per heavy atom. The first-order chi connectivity index (χ1) is 19.4. The molecule has 1 fully saturated rings. The van der Waals surface area contributed by atoms with Crippen LogP contribution in [0, 0.1) is 6.92 Å². The molecule has 10 nitrogen and oxygen atoms in total. The van der Waals surface area contributed by atoms with Crippen molar-refractivity contribution in [3.63, 3.8) is 0 Å². The van der Waals surface area contributed by atoms with Gasteiger partial charge in [0, 0.05) is 62.0 Å². The molecule has 4 heterocycles. The number of benzene rings is 2. The highest BCUT2D eigenvalue weighted by molar-refractivity contribution is 6.30. The molecule has 0 radical (unpaired) electrons. The van der Waals surface area contributed by atoms with Crippen LogP contribution in [0.1, 0.15) is 23.1 Å². The molecule has 3 aromatic heterocycles. The van der Waals surface area contributed by atoms with E-state index in [0.717, 1.165) is 60.8 Å². The van der Waals surface area contributed by atoms with Crippen LogP contribution in [0.15, 0.2) is 65.8 Å². The molecule has 6 rings (SSSR count). The molecule has 206 valence electrons. The van der Waals surface area contributed by atoms with Crippen molar-refractivity contribution in [1.29, 1.82) is 0 Å². The molecule has 0 unspecified atom stereocenters. The van der Waals surface area contributed by atoms with Crippen molar-refractivity contribution in [2.45, 2.75) is 19.6 Å². The number of aliphatic hydroxyl groups excluding tert-OH is 1. The topological polar surface area (TPSA) is 129 Å². The number of hydrogen-bond acceptors (Lipinski definition) is 7. The lowest BCUT2D eigenvalue weighted by molar-refractivity contribution is 0.191. The number of hydrogen-bond donors (Lipinski definition) is 5. The Bertz CT molecular complexity index is 1670. The smallest absolute Gasteiger partial charge is 0.261 e. The summed E-state index contributed by atoms with van der Waals surface area (Å²) in [5, 5.41) is 14.5. The first-order valence-electron chi connectivity index (χ1n) is 13.3. The number of aryl methyl sites for hydroxylation is 1. The molecule has 0 aliphatic carbocycles. The number of piperazine rings is 1. The second-order valence-electron chi connectivity index (χ2n) is 10.1. The zero-order valence-corrected chi connectivity index (χ0v) is 22.9. The summed E-state index contributed by atoms with van der Waals surface area (Å²) >= 11 is 6.08. The van der Waals surface area contributed by atoms with Crippen molar-refractivity contribution in [2.24, 2.45) is 0 Å². The van der Waals surface area contributed by atoms with Crippen LogP contribution in [0.3, 0.4) is 0 Å². The minimum atomic E-state index is -0.800. The molecule has 1 aliphatic rings. The molecule has 0 saturated carbocycles. The Kier molecular flexibility index (Phi) is 7.29. The lowest BCUT2D eigenvalue weighted by Crippen LogP contribution is -2.46. The quantitative estimate of drug-likeness (QED) is 0.194. The molecular weight excluding hydrogens is 528 g/mol. The molecule has 5 aromatic rings. The number of rotatable bonds is 8. The van der Waals surface area contributed by atoms with E-state index in [9.17, 15) is 9.90 Å². The predicted molar refractivity (Wildman–Crippen MR) is 158 cm³/mol. The fourth-order valence-corrected chi connectivity index (χ4v) is 5.43. The molecule has 11 heteroatoms. The van der Waals surface area contributed by atoms with Crippen LogP contribution in [-0.4, -0.2) is 67.7 Å². The van der Waals surface area contributed by atoms with E-state index in [1.165, 1.54) is 0 Å². The van der Waals surface area contributed by atoms with Crippen LogP contribution in [0.5, 0.6) is 0 Å². The average Bonchev–Trinajstić information content (AvgIpc) is 3.62. The molecule has 0 spiro atoms. The Morgan fingerprint density at radius 3 is 2.73 bits per heavy atom. The van der Waals surface area contributed by atoms with Crippen LogP contribution >= 0.6 is 11.6 Å². The predicted octanol–water partition coefficient (Wildman–Crippen LogP) is 4.07. The molecular formula is C29H31ClN8O2. The SMILES string of the molecule is Cc1cc(N2CCN(Cc3ncc[nH]3)CC2)cc2[nH]c(-c3c(NC[C@@H](O)c4cccc(Cl)c4)cc[nH]c3=O)nc12. The third-order valence-electron chi connectivity index (χ3n) is 7.34. The average molecular weight is 559 g/mol. The van der Waals surface area contributed by atoms with E-state index in [4.69, 9.17) is 16.6 Å². The van der Waals surface area contributed by atoms with Gasteiger partial charge in [0.05, 0.1) is 29.4 Å². The van der Waals surface area contributed by atoms with Crippen LogP contribution in [0.4, 0.5) is 11.4 Å². The van der Waals surface area contributed by atoms with E-state index < -0.39 is 6.10 Å². The molecule has 1 atom stereocenters.